The Morgan fingerprint density at radius 2 is 1.76 bits per heavy atom. The smallest absolute Gasteiger partial charge is 0.328 e. The van der Waals surface area contributed by atoms with E-state index in [4.69, 9.17) is 0 Å². The number of hydrogen-bond donors (Lipinski definition) is 2. The molecule has 0 bridgehead atoms. The Morgan fingerprint density at radius 3 is 2.38 bits per heavy atom. The van der Waals surface area contributed by atoms with E-state index >= 15 is 0 Å². The third-order valence-electron chi connectivity index (χ3n) is 7.64. The summed E-state index contributed by atoms with van der Waals surface area (Å²) in [4.78, 5) is 19.7. The van der Waals surface area contributed by atoms with Crippen LogP contribution in [-0.2, 0) is 12.7 Å². The first-order chi connectivity index (χ1) is 16.2. The molecule has 2 aliphatic heterocycles. The van der Waals surface area contributed by atoms with E-state index < -0.39 is 17.6 Å². The maximum absolute atomic E-state index is 13.7. The van der Waals surface area contributed by atoms with Gasteiger partial charge in [-0.25, -0.2) is 9.18 Å². The fourth-order valence-corrected chi connectivity index (χ4v) is 5.47. The number of H-pyrrole nitrogens is 1. The number of amides is 2. The standard InChI is InChI=1S/C23H26F4N6O/c24-18-5-13(1-4-17(18)23(25,26)27)8-28-16-9-32(10-16)21(34)33-11-22(12-33)6-15(7-22)20-29-19(30-31-20)14-2-3-14/h1,4-5,14-16,28H,2-3,6-12H2,(H,29,30,31). The highest BCUT2D eigenvalue weighted by molar-refractivity contribution is 5.76. The van der Waals surface area contributed by atoms with Crippen molar-refractivity contribution in [2.24, 2.45) is 5.41 Å². The number of urea groups is 1. The van der Waals surface area contributed by atoms with Gasteiger partial charge in [-0.3, -0.25) is 0 Å². The Morgan fingerprint density at radius 1 is 1.09 bits per heavy atom. The SMILES string of the molecule is O=C(N1CC(NCc2ccc(C(F)(F)F)c(F)c2)C1)N1CC2(CC(c3nnc(C4CC4)[nH]3)C2)C1. The lowest BCUT2D eigenvalue weighted by Gasteiger charge is -2.59. The average molecular weight is 478 g/mol. The zero-order chi connectivity index (χ0) is 23.7. The third-order valence-corrected chi connectivity index (χ3v) is 7.64. The highest BCUT2D eigenvalue weighted by atomic mass is 19.4. The third kappa shape index (κ3) is 3.93. The first kappa shape index (κ1) is 21.8. The molecule has 0 atom stereocenters. The topological polar surface area (TPSA) is 77.2 Å². The summed E-state index contributed by atoms with van der Waals surface area (Å²) in [7, 11) is 0. The molecule has 34 heavy (non-hydrogen) atoms. The van der Waals surface area contributed by atoms with Gasteiger partial charge in [0.05, 0.1) is 5.56 Å². The van der Waals surface area contributed by atoms with Crippen LogP contribution < -0.4 is 5.32 Å². The van der Waals surface area contributed by atoms with Gasteiger partial charge in [0, 0.05) is 56.0 Å². The molecule has 4 aliphatic rings. The van der Waals surface area contributed by atoms with Crippen molar-refractivity contribution < 1.29 is 22.4 Å². The minimum atomic E-state index is -4.70. The first-order valence-corrected chi connectivity index (χ1v) is 11.7. The van der Waals surface area contributed by atoms with Crippen LogP contribution in [0.25, 0.3) is 0 Å². The second kappa shape index (κ2) is 7.66. The van der Waals surface area contributed by atoms with E-state index in [1.54, 1.807) is 4.90 Å². The first-order valence-electron chi connectivity index (χ1n) is 11.7. The lowest BCUT2D eigenvalue weighted by atomic mass is 9.57. The van der Waals surface area contributed by atoms with Gasteiger partial charge in [-0.05, 0) is 43.4 Å². The van der Waals surface area contributed by atoms with Gasteiger partial charge in [0.25, 0.3) is 0 Å². The van der Waals surface area contributed by atoms with E-state index in [-0.39, 0.29) is 24.0 Å². The molecular weight excluding hydrogens is 452 g/mol. The van der Waals surface area contributed by atoms with Crippen LogP contribution in [0.2, 0.25) is 0 Å². The zero-order valence-corrected chi connectivity index (χ0v) is 18.5. The van der Waals surface area contributed by atoms with E-state index in [2.05, 4.69) is 20.5 Å². The zero-order valence-electron chi connectivity index (χ0n) is 18.5. The normalized spacial score (nSPS) is 22.5. The van der Waals surface area contributed by atoms with Crippen LogP contribution in [-0.4, -0.2) is 63.2 Å². The Labute approximate surface area is 193 Å². The number of hydrogen-bond acceptors (Lipinski definition) is 4. The lowest BCUT2D eigenvalue weighted by molar-refractivity contribution is -0.140. The Balaban J connectivity index is 0.919. The molecule has 2 saturated heterocycles. The Kier molecular flexibility index (Phi) is 4.91. The fourth-order valence-electron chi connectivity index (χ4n) is 5.47. The summed E-state index contributed by atoms with van der Waals surface area (Å²) in [6.07, 6.45) is -0.244. The van der Waals surface area contributed by atoms with Gasteiger partial charge in [0.1, 0.15) is 17.5 Å². The fraction of sp³-hybridized carbons (Fsp3) is 0.609. The molecule has 2 amide bonds. The molecule has 2 aliphatic carbocycles. The van der Waals surface area contributed by atoms with E-state index in [0.717, 1.165) is 49.7 Å². The number of carbonyl (C=O) groups excluding carboxylic acids is 1. The van der Waals surface area contributed by atoms with Gasteiger partial charge in [-0.15, -0.1) is 10.2 Å². The van der Waals surface area contributed by atoms with Crippen molar-refractivity contribution in [3.8, 4) is 0 Å². The van der Waals surface area contributed by atoms with Crippen molar-refractivity contribution in [3.63, 3.8) is 0 Å². The van der Waals surface area contributed by atoms with Crippen molar-refractivity contribution in [2.45, 2.75) is 56.3 Å². The quantitative estimate of drug-likeness (QED) is 0.644. The number of nitrogens with zero attached hydrogens (tertiary/aromatic N) is 4. The van der Waals surface area contributed by atoms with Crippen LogP contribution in [0.1, 0.15) is 60.3 Å². The molecule has 182 valence electrons. The van der Waals surface area contributed by atoms with E-state index in [1.165, 1.54) is 18.9 Å². The van der Waals surface area contributed by atoms with Crippen LogP contribution in [0.15, 0.2) is 18.2 Å². The van der Waals surface area contributed by atoms with Crippen LogP contribution in [0, 0.1) is 11.2 Å². The van der Waals surface area contributed by atoms with Crippen molar-refractivity contribution >= 4 is 6.03 Å². The van der Waals surface area contributed by atoms with Gasteiger partial charge in [-0.1, -0.05) is 6.07 Å². The lowest BCUT2D eigenvalue weighted by Crippen LogP contribution is -2.69. The number of carbonyl (C=O) groups is 1. The van der Waals surface area contributed by atoms with Gasteiger partial charge in [0.2, 0.25) is 0 Å². The summed E-state index contributed by atoms with van der Waals surface area (Å²) in [6, 6.07) is 3.03. The monoisotopic (exact) mass is 478 g/mol. The summed E-state index contributed by atoms with van der Waals surface area (Å²) in [6.45, 7) is 2.86. The molecule has 6 rings (SSSR count). The summed E-state index contributed by atoms with van der Waals surface area (Å²) >= 11 is 0. The highest BCUT2D eigenvalue weighted by Crippen LogP contribution is 2.55. The number of nitrogens with one attached hydrogen (secondary N) is 2. The molecule has 1 spiro atoms. The molecule has 2 saturated carbocycles. The Bertz CT molecular complexity index is 1090. The van der Waals surface area contributed by atoms with Crippen molar-refractivity contribution in [1.82, 2.24) is 30.3 Å². The molecule has 7 nitrogen and oxygen atoms in total. The predicted molar refractivity (Wildman–Crippen MR) is 113 cm³/mol. The summed E-state index contributed by atoms with van der Waals surface area (Å²) in [5.41, 5.74) is -0.608. The number of alkyl halides is 3. The van der Waals surface area contributed by atoms with Crippen LogP contribution >= 0.6 is 0 Å². The molecule has 0 radical (unpaired) electrons. The maximum Gasteiger partial charge on any atom is 0.419 e. The number of halogens is 4. The Hall–Kier alpha value is -2.69. The van der Waals surface area contributed by atoms with Crippen LogP contribution in [0.3, 0.4) is 0 Å². The van der Waals surface area contributed by atoms with Gasteiger partial charge < -0.3 is 20.1 Å². The van der Waals surface area contributed by atoms with Gasteiger partial charge in [-0.2, -0.15) is 13.2 Å². The molecule has 2 aromatic rings. The van der Waals surface area contributed by atoms with E-state index in [9.17, 15) is 22.4 Å². The number of benzene rings is 1. The molecule has 1 aromatic carbocycles. The van der Waals surface area contributed by atoms with Crippen molar-refractivity contribution in [1.29, 1.82) is 0 Å². The van der Waals surface area contributed by atoms with Crippen LogP contribution in [0.5, 0.6) is 0 Å². The number of aromatic amines is 1. The molecule has 1 aromatic heterocycles. The number of rotatable bonds is 5. The van der Waals surface area contributed by atoms with Gasteiger partial charge in [0.15, 0.2) is 0 Å². The minimum Gasteiger partial charge on any atom is -0.328 e. The maximum atomic E-state index is 13.7. The molecule has 3 heterocycles. The molecular formula is C23H26F4N6O. The second-order valence-electron chi connectivity index (χ2n) is 10.4. The second-order valence-corrected chi connectivity index (χ2v) is 10.4. The molecule has 2 N–H and O–H groups in total. The summed E-state index contributed by atoms with van der Waals surface area (Å²) in [5, 5.41) is 11.8. The largest absolute Gasteiger partial charge is 0.419 e. The van der Waals surface area contributed by atoms with E-state index in [1.807, 2.05) is 4.90 Å². The van der Waals surface area contributed by atoms with Gasteiger partial charge >= 0.3 is 12.2 Å². The molecule has 4 fully saturated rings. The highest BCUT2D eigenvalue weighted by Gasteiger charge is 2.56. The van der Waals surface area contributed by atoms with Crippen molar-refractivity contribution in [3.05, 3.63) is 46.8 Å². The number of likely N-dealkylation sites (tertiary alicyclic amines) is 2. The van der Waals surface area contributed by atoms with Crippen molar-refractivity contribution in [2.75, 3.05) is 26.2 Å². The summed E-state index contributed by atoms with van der Waals surface area (Å²) in [5.74, 6) is 1.71. The predicted octanol–water partition coefficient (Wildman–Crippen LogP) is 3.61. The number of aromatic nitrogens is 3. The van der Waals surface area contributed by atoms with Crippen LogP contribution in [0.4, 0.5) is 22.4 Å². The average Bonchev–Trinajstić information content (AvgIpc) is 3.41. The molecule has 0 unspecified atom stereocenters. The minimum absolute atomic E-state index is 0.0309. The summed E-state index contributed by atoms with van der Waals surface area (Å²) < 4.78 is 51.7. The molecule has 11 heteroatoms. The van der Waals surface area contributed by atoms with E-state index in [0.29, 0.717) is 30.5 Å².